The molecule has 5 heteroatoms. The van der Waals surface area contributed by atoms with Gasteiger partial charge in [0, 0.05) is 31.2 Å². The Morgan fingerprint density at radius 2 is 1.57 bits per heavy atom. The van der Waals surface area contributed by atoms with Crippen LogP contribution in [0.2, 0.25) is 0 Å². The van der Waals surface area contributed by atoms with Crippen LogP contribution in [0.5, 0.6) is 5.75 Å². The van der Waals surface area contributed by atoms with Crippen molar-refractivity contribution in [3.05, 3.63) is 90.0 Å². The average Bonchev–Trinajstić information content (AvgIpc) is 2.93. The van der Waals surface area contributed by atoms with E-state index in [2.05, 4.69) is 17.0 Å². The first kappa shape index (κ1) is 23.2. The maximum Gasteiger partial charge on any atom is 0.254 e. The number of nitrogens with zero attached hydrogens (tertiary/aromatic N) is 2. The minimum absolute atomic E-state index is 0.109. The number of fused-ring (bicyclic) bond motifs is 1. The third-order valence-electron chi connectivity index (χ3n) is 7.44. The van der Waals surface area contributed by atoms with Crippen molar-refractivity contribution in [3.63, 3.8) is 0 Å². The Morgan fingerprint density at radius 3 is 2.29 bits per heavy atom. The monoisotopic (exact) mass is 468 g/mol. The van der Waals surface area contributed by atoms with Gasteiger partial charge < -0.3 is 14.5 Å². The standard InChI is InChI=1S/C30H32N2O3/c1-35-27-15-9-22(10-16-27)20-29(33)31-19-17-28-26(21-31)8-5-18-32(28)30(34)25-13-11-24(12-14-25)23-6-3-2-4-7-23/h2-4,6-7,9-16,26,28H,5,8,17-21H2,1H3/t26-,28+/m1/s1. The molecule has 5 nitrogen and oxygen atoms in total. The van der Waals surface area contributed by atoms with Gasteiger partial charge >= 0.3 is 0 Å². The molecule has 2 atom stereocenters. The summed E-state index contributed by atoms with van der Waals surface area (Å²) in [6.45, 7) is 2.23. The largest absolute Gasteiger partial charge is 0.497 e. The number of piperidine rings is 2. The van der Waals surface area contributed by atoms with Gasteiger partial charge in [-0.2, -0.15) is 0 Å². The number of carbonyl (C=O) groups excluding carboxylic acids is 2. The second-order valence-electron chi connectivity index (χ2n) is 9.56. The predicted molar refractivity (Wildman–Crippen MR) is 137 cm³/mol. The first-order valence-corrected chi connectivity index (χ1v) is 12.5. The van der Waals surface area contributed by atoms with Crippen LogP contribution in [0.25, 0.3) is 11.1 Å². The molecule has 0 saturated carbocycles. The molecule has 2 aliphatic heterocycles. The number of ether oxygens (including phenoxy) is 1. The van der Waals surface area contributed by atoms with E-state index in [1.165, 1.54) is 0 Å². The fraction of sp³-hybridized carbons (Fsp3) is 0.333. The summed E-state index contributed by atoms with van der Waals surface area (Å²) >= 11 is 0. The summed E-state index contributed by atoms with van der Waals surface area (Å²) in [6.07, 6.45) is 3.29. The Kier molecular flexibility index (Phi) is 6.84. The van der Waals surface area contributed by atoms with Gasteiger partial charge in [-0.25, -0.2) is 0 Å². The van der Waals surface area contributed by atoms with Crippen LogP contribution in [0, 0.1) is 5.92 Å². The van der Waals surface area contributed by atoms with Gasteiger partial charge in [0.25, 0.3) is 5.91 Å². The summed E-state index contributed by atoms with van der Waals surface area (Å²) in [6, 6.07) is 26.1. The highest BCUT2D eigenvalue weighted by Crippen LogP contribution is 2.32. The molecule has 0 aromatic heterocycles. The number of hydrogen-bond acceptors (Lipinski definition) is 3. The van der Waals surface area contributed by atoms with Gasteiger partial charge in [-0.15, -0.1) is 0 Å². The molecule has 3 aromatic carbocycles. The second-order valence-corrected chi connectivity index (χ2v) is 9.56. The van der Waals surface area contributed by atoms with Crippen LogP contribution < -0.4 is 4.74 Å². The van der Waals surface area contributed by atoms with E-state index in [1.807, 2.05) is 71.6 Å². The zero-order valence-corrected chi connectivity index (χ0v) is 20.2. The molecule has 3 aromatic rings. The van der Waals surface area contributed by atoms with Gasteiger partial charge in [0.2, 0.25) is 5.91 Å². The van der Waals surface area contributed by atoms with Crippen LogP contribution in [0.1, 0.15) is 35.2 Å². The molecule has 2 saturated heterocycles. The van der Waals surface area contributed by atoms with Gasteiger partial charge in [0.05, 0.1) is 13.5 Å². The van der Waals surface area contributed by atoms with Gasteiger partial charge in [0.1, 0.15) is 5.75 Å². The maximum absolute atomic E-state index is 13.4. The highest BCUT2D eigenvalue weighted by molar-refractivity contribution is 5.95. The Labute approximate surface area is 207 Å². The van der Waals surface area contributed by atoms with Crippen molar-refractivity contribution in [1.29, 1.82) is 0 Å². The van der Waals surface area contributed by atoms with Crippen LogP contribution in [0.4, 0.5) is 0 Å². The van der Waals surface area contributed by atoms with E-state index >= 15 is 0 Å². The fourth-order valence-electron chi connectivity index (χ4n) is 5.51. The highest BCUT2D eigenvalue weighted by atomic mass is 16.5. The Hall–Kier alpha value is -3.60. The van der Waals surface area contributed by atoms with E-state index < -0.39 is 0 Å². The zero-order chi connectivity index (χ0) is 24.2. The molecule has 35 heavy (non-hydrogen) atoms. The number of carbonyl (C=O) groups is 2. The van der Waals surface area contributed by atoms with Crippen molar-refractivity contribution in [1.82, 2.24) is 9.80 Å². The van der Waals surface area contributed by atoms with Crippen LogP contribution >= 0.6 is 0 Å². The lowest BCUT2D eigenvalue weighted by Gasteiger charge is -2.47. The van der Waals surface area contributed by atoms with E-state index in [0.29, 0.717) is 18.9 Å². The molecule has 2 amide bonds. The Bertz CT molecular complexity index is 1160. The summed E-state index contributed by atoms with van der Waals surface area (Å²) in [7, 11) is 1.64. The molecule has 2 heterocycles. The van der Waals surface area contributed by atoms with E-state index in [0.717, 1.165) is 60.4 Å². The molecule has 0 radical (unpaired) electrons. The third-order valence-corrected chi connectivity index (χ3v) is 7.44. The molecular formula is C30H32N2O3. The quantitative estimate of drug-likeness (QED) is 0.526. The molecule has 2 aliphatic rings. The number of benzene rings is 3. The summed E-state index contributed by atoms with van der Waals surface area (Å²) in [4.78, 5) is 30.5. The first-order chi connectivity index (χ1) is 17.1. The normalized spacial score (nSPS) is 19.7. The lowest BCUT2D eigenvalue weighted by molar-refractivity contribution is -0.133. The lowest BCUT2D eigenvalue weighted by Crippen LogP contribution is -2.56. The van der Waals surface area contributed by atoms with Crippen LogP contribution in [0.15, 0.2) is 78.9 Å². The van der Waals surface area contributed by atoms with E-state index in [4.69, 9.17) is 4.74 Å². The minimum Gasteiger partial charge on any atom is -0.497 e. The molecule has 0 spiro atoms. The van der Waals surface area contributed by atoms with Crippen molar-refractivity contribution in [2.45, 2.75) is 31.7 Å². The minimum atomic E-state index is 0.109. The van der Waals surface area contributed by atoms with Crippen molar-refractivity contribution in [2.75, 3.05) is 26.7 Å². The number of methoxy groups -OCH3 is 1. The highest BCUT2D eigenvalue weighted by Gasteiger charge is 2.39. The Balaban J connectivity index is 1.22. The zero-order valence-electron chi connectivity index (χ0n) is 20.2. The summed E-state index contributed by atoms with van der Waals surface area (Å²) in [5, 5.41) is 0. The molecule has 0 bridgehead atoms. The molecule has 0 unspecified atom stereocenters. The summed E-state index contributed by atoms with van der Waals surface area (Å²) in [5.74, 6) is 1.40. The van der Waals surface area contributed by atoms with E-state index in [9.17, 15) is 9.59 Å². The van der Waals surface area contributed by atoms with Gasteiger partial charge in [-0.05, 0) is 66.1 Å². The molecule has 180 valence electrons. The molecule has 0 N–H and O–H groups in total. The number of hydrogen-bond donors (Lipinski definition) is 0. The van der Waals surface area contributed by atoms with E-state index in [-0.39, 0.29) is 17.9 Å². The second kappa shape index (κ2) is 10.3. The van der Waals surface area contributed by atoms with Gasteiger partial charge in [0.15, 0.2) is 0 Å². The smallest absolute Gasteiger partial charge is 0.254 e. The molecule has 5 rings (SSSR count). The number of rotatable bonds is 5. The maximum atomic E-state index is 13.4. The first-order valence-electron chi connectivity index (χ1n) is 12.5. The fourth-order valence-corrected chi connectivity index (χ4v) is 5.51. The number of amides is 2. The summed E-state index contributed by atoms with van der Waals surface area (Å²) in [5.41, 5.74) is 4.00. The van der Waals surface area contributed by atoms with Crippen molar-refractivity contribution in [2.24, 2.45) is 5.92 Å². The lowest BCUT2D eigenvalue weighted by atomic mass is 9.83. The number of likely N-dealkylation sites (tertiary alicyclic amines) is 2. The van der Waals surface area contributed by atoms with Crippen molar-refractivity contribution >= 4 is 11.8 Å². The molecule has 2 fully saturated rings. The van der Waals surface area contributed by atoms with Crippen LogP contribution in [-0.2, 0) is 11.2 Å². The van der Waals surface area contributed by atoms with Crippen LogP contribution in [-0.4, -0.2) is 54.4 Å². The molecule has 0 aliphatic carbocycles. The third kappa shape index (κ3) is 5.09. The SMILES string of the molecule is COc1ccc(CC(=O)N2CC[C@H]3[C@H](CCCN3C(=O)c3ccc(-c4ccccc4)cc3)C2)cc1. The van der Waals surface area contributed by atoms with Gasteiger partial charge in [-0.1, -0.05) is 54.6 Å². The van der Waals surface area contributed by atoms with Crippen molar-refractivity contribution in [3.8, 4) is 16.9 Å². The topological polar surface area (TPSA) is 49.9 Å². The van der Waals surface area contributed by atoms with Crippen molar-refractivity contribution < 1.29 is 14.3 Å². The Morgan fingerprint density at radius 1 is 0.857 bits per heavy atom. The predicted octanol–water partition coefficient (Wildman–Crippen LogP) is 5.06. The molecular weight excluding hydrogens is 436 g/mol. The van der Waals surface area contributed by atoms with Crippen LogP contribution in [0.3, 0.4) is 0 Å². The average molecular weight is 469 g/mol. The van der Waals surface area contributed by atoms with E-state index in [1.54, 1.807) is 7.11 Å². The van der Waals surface area contributed by atoms with Gasteiger partial charge in [-0.3, -0.25) is 9.59 Å². The summed E-state index contributed by atoms with van der Waals surface area (Å²) < 4.78 is 5.21.